The lowest BCUT2D eigenvalue weighted by atomic mass is 10.1. The molecule has 0 spiro atoms. The van der Waals surface area contributed by atoms with Crippen LogP contribution in [-0.4, -0.2) is 54.3 Å². The lowest BCUT2D eigenvalue weighted by molar-refractivity contribution is 0.0330. The first-order chi connectivity index (χ1) is 11.9. The van der Waals surface area contributed by atoms with Crippen LogP contribution in [0.2, 0.25) is 0 Å². The van der Waals surface area contributed by atoms with Gasteiger partial charge in [0.2, 0.25) is 0 Å². The van der Waals surface area contributed by atoms with Gasteiger partial charge in [0.25, 0.3) is 0 Å². The fourth-order valence-electron chi connectivity index (χ4n) is 3.38. The smallest absolute Gasteiger partial charge is 0.142 e. The van der Waals surface area contributed by atoms with E-state index in [4.69, 9.17) is 4.74 Å². The summed E-state index contributed by atoms with van der Waals surface area (Å²) in [6.45, 7) is 6.70. The van der Waals surface area contributed by atoms with Crippen molar-refractivity contribution in [2.24, 2.45) is 0 Å². The Morgan fingerprint density at radius 3 is 2.17 bits per heavy atom. The van der Waals surface area contributed by atoms with E-state index in [2.05, 4.69) is 44.0 Å². The Morgan fingerprint density at radius 2 is 1.50 bits per heavy atom. The minimum Gasteiger partial charge on any atom is -0.379 e. The predicted octanol–water partition coefficient (Wildman–Crippen LogP) is 2.58. The molecule has 2 fully saturated rings. The van der Waals surface area contributed by atoms with Crippen molar-refractivity contribution in [2.75, 3.05) is 44.3 Å². The molecular weight excluding hydrogens is 300 g/mol. The average Bonchev–Trinajstić information content (AvgIpc) is 3.18. The molecule has 0 aliphatic carbocycles. The van der Waals surface area contributed by atoms with Crippen molar-refractivity contribution >= 4 is 5.69 Å². The lowest BCUT2D eigenvalue weighted by Gasteiger charge is -2.25. The van der Waals surface area contributed by atoms with Gasteiger partial charge in [-0.1, -0.05) is 12.1 Å². The molecule has 5 nitrogen and oxygen atoms in total. The molecule has 1 aromatic heterocycles. The van der Waals surface area contributed by atoms with Gasteiger partial charge < -0.3 is 9.64 Å². The summed E-state index contributed by atoms with van der Waals surface area (Å²) in [5.74, 6) is 0.884. The van der Waals surface area contributed by atoms with Crippen molar-refractivity contribution in [3.63, 3.8) is 0 Å². The molecule has 2 saturated heterocycles. The van der Waals surface area contributed by atoms with Crippen LogP contribution >= 0.6 is 0 Å². The minimum absolute atomic E-state index is 0.803. The molecular formula is C19H24N4O. The highest BCUT2D eigenvalue weighted by molar-refractivity contribution is 5.65. The van der Waals surface area contributed by atoms with Crippen molar-refractivity contribution in [3.05, 3.63) is 42.5 Å². The number of nitrogens with zero attached hydrogens (tertiary/aromatic N) is 4. The second-order valence-corrected chi connectivity index (χ2v) is 6.52. The normalized spacial score (nSPS) is 18.9. The van der Waals surface area contributed by atoms with Crippen LogP contribution in [-0.2, 0) is 11.3 Å². The standard InChI is InChI=1S/C19H24N4O/c1-2-8-23(7-1)18-5-3-16(4-6-18)17-13-20-19(21-14-17)15-22-9-11-24-12-10-22/h3-6,13-14H,1-2,7-12,15H2. The van der Waals surface area contributed by atoms with Gasteiger partial charge in [0.05, 0.1) is 19.8 Å². The first-order valence-corrected chi connectivity index (χ1v) is 8.85. The van der Waals surface area contributed by atoms with E-state index in [1.54, 1.807) is 0 Å². The van der Waals surface area contributed by atoms with E-state index in [1.807, 2.05) is 12.4 Å². The largest absolute Gasteiger partial charge is 0.379 e. The summed E-state index contributed by atoms with van der Waals surface area (Å²) < 4.78 is 5.37. The Morgan fingerprint density at radius 1 is 0.833 bits per heavy atom. The summed E-state index contributed by atoms with van der Waals surface area (Å²) >= 11 is 0. The van der Waals surface area contributed by atoms with Crippen molar-refractivity contribution in [1.29, 1.82) is 0 Å². The third kappa shape index (κ3) is 3.57. The van der Waals surface area contributed by atoms with E-state index < -0.39 is 0 Å². The van der Waals surface area contributed by atoms with E-state index in [-0.39, 0.29) is 0 Å². The first kappa shape index (κ1) is 15.5. The molecule has 0 atom stereocenters. The molecule has 5 heteroatoms. The molecule has 2 aliphatic heterocycles. The van der Waals surface area contributed by atoms with Crippen LogP contribution in [0.4, 0.5) is 5.69 Å². The maximum absolute atomic E-state index is 5.37. The molecule has 0 bridgehead atoms. The quantitative estimate of drug-likeness (QED) is 0.865. The van der Waals surface area contributed by atoms with Crippen LogP contribution in [0.3, 0.4) is 0 Å². The van der Waals surface area contributed by atoms with Gasteiger partial charge in [-0.05, 0) is 30.5 Å². The monoisotopic (exact) mass is 324 g/mol. The van der Waals surface area contributed by atoms with Crippen LogP contribution < -0.4 is 4.90 Å². The molecule has 2 aliphatic rings. The molecule has 1 aromatic carbocycles. The van der Waals surface area contributed by atoms with Gasteiger partial charge >= 0.3 is 0 Å². The fourth-order valence-corrected chi connectivity index (χ4v) is 3.38. The van der Waals surface area contributed by atoms with Crippen LogP contribution in [0.1, 0.15) is 18.7 Å². The predicted molar refractivity (Wildman–Crippen MR) is 95.0 cm³/mol. The highest BCUT2D eigenvalue weighted by Crippen LogP contribution is 2.24. The number of morpholine rings is 1. The first-order valence-electron chi connectivity index (χ1n) is 8.85. The zero-order chi connectivity index (χ0) is 16.2. The van der Waals surface area contributed by atoms with E-state index in [1.165, 1.54) is 37.2 Å². The Bertz CT molecular complexity index is 644. The van der Waals surface area contributed by atoms with Crippen LogP contribution in [0, 0.1) is 0 Å². The Kier molecular flexibility index (Phi) is 4.71. The van der Waals surface area contributed by atoms with Gasteiger partial charge in [0.15, 0.2) is 0 Å². The number of hydrogen-bond acceptors (Lipinski definition) is 5. The Labute approximate surface area is 143 Å². The van der Waals surface area contributed by atoms with Crippen molar-refractivity contribution in [2.45, 2.75) is 19.4 Å². The number of hydrogen-bond donors (Lipinski definition) is 0. The number of anilines is 1. The van der Waals surface area contributed by atoms with Gasteiger partial charge in [0, 0.05) is 49.8 Å². The summed E-state index contributed by atoms with van der Waals surface area (Å²) in [5.41, 5.74) is 3.57. The second-order valence-electron chi connectivity index (χ2n) is 6.52. The molecule has 24 heavy (non-hydrogen) atoms. The molecule has 0 unspecified atom stereocenters. The SMILES string of the molecule is c1cc(N2CCCC2)ccc1-c1cnc(CN2CCOCC2)nc1. The zero-order valence-electron chi connectivity index (χ0n) is 14.0. The number of ether oxygens (including phenoxy) is 1. The van der Waals surface area contributed by atoms with E-state index >= 15 is 0 Å². The maximum Gasteiger partial charge on any atom is 0.142 e. The minimum atomic E-state index is 0.803. The highest BCUT2D eigenvalue weighted by atomic mass is 16.5. The fraction of sp³-hybridized carbons (Fsp3) is 0.474. The molecule has 0 amide bonds. The van der Waals surface area contributed by atoms with Crippen LogP contribution in [0.15, 0.2) is 36.7 Å². The van der Waals surface area contributed by atoms with Crippen molar-refractivity contribution < 1.29 is 4.74 Å². The molecule has 2 aromatic rings. The summed E-state index contributed by atoms with van der Waals surface area (Å²) in [6.07, 6.45) is 6.49. The van der Waals surface area contributed by atoms with Crippen LogP contribution in [0.25, 0.3) is 11.1 Å². The molecule has 0 radical (unpaired) electrons. The Balaban J connectivity index is 1.42. The third-order valence-corrected chi connectivity index (χ3v) is 4.85. The summed E-state index contributed by atoms with van der Waals surface area (Å²) in [4.78, 5) is 13.9. The summed E-state index contributed by atoms with van der Waals surface area (Å²) in [7, 11) is 0. The zero-order valence-corrected chi connectivity index (χ0v) is 14.0. The van der Waals surface area contributed by atoms with Crippen LogP contribution in [0.5, 0.6) is 0 Å². The molecule has 126 valence electrons. The molecule has 0 N–H and O–H groups in total. The number of benzene rings is 1. The lowest BCUT2D eigenvalue weighted by Crippen LogP contribution is -2.36. The van der Waals surface area contributed by atoms with Gasteiger partial charge in [0.1, 0.15) is 5.82 Å². The van der Waals surface area contributed by atoms with Gasteiger partial charge in [-0.2, -0.15) is 0 Å². The topological polar surface area (TPSA) is 41.5 Å². The number of aromatic nitrogens is 2. The Hall–Kier alpha value is -1.98. The van der Waals surface area contributed by atoms with E-state index in [9.17, 15) is 0 Å². The van der Waals surface area contributed by atoms with Crippen molar-refractivity contribution in [3.8, 4) is 11.1 Å². The average molecular weight is 324 g/mol. The summed E-state index contributed by atoms with van der Waals surface area (Å²) in [6, 6.07) is 8.77. The number of rotatable bonds is 4. The van der Waals surface area contributed by atoms with E-state index in [0.717, 1.165) is 44.2 Å². The highest BCUT2D eigenvalue weighted by Gasteiger charge is 2.13. The van der Waals surface area contributed by atoms with Gasteiger partial charge in [-0.15, -0.1) is 0 Å². The van der Waals surface area contributed by atoms with Gasteiger partial charge in [-0.3, -0.25) is 4.90 Å². The van der Waals surface area contributed by atoms with Gasteiger partial charge in [-0.25, -0.2) is 9.97 Å². The van der Waals surface area contributed by atoms with Crippen molar-refractivity contribution in [1.82, 2.24) is 14.9 Å². The molecule has 0 saturated carbocycles. The van der Waals surface area contributed by atoms with E-state index in [0.29, 0.717) is 0 Å². The third-order valence-electron chi connectivity index (χ3n) is 4.85. The molecule has 4 rings (SSSR count). The maximum atomic E-state index is 5.37. The summed E-state index contributed by atoms with van der Waals surface area (Å²) in [5, 5.41) is 0. The second kappa shape index (κ2) is 7.28. The molecule has 3 heterocycles.